The van der Waals surface area contributed by atoms with E-state index >= 15 is 0 Å². The van der Waals surface area contributed by atoms with Crippen molar-refractivity contribution in [1.82, 2.24) is 4.98 Å². The number of benzene rings is 3. The van der Waals surface area contributed by atoms with Crippen LogP contribution in [0.5, 0.6) is 0 Å². The van der Waals surface area contributed by atoms with Gasteiger partial charge in [0.2, 0.25) is 0 Å². The molecule has 2 N–H and O–H groups in total. The zero-order chi connectivity index (χ0) is 22.7. The van der Waals surface area contributed by atoms with Crippen LogP contribution in [0.3, 0.4) is 0 Å². The Labute approximate surface area is 191 Å². The first kappa shape index (κ1) is 21.7. The number of hydrogen-bond donors (Lipinski definition) is 2. The van der Waals surface area contributed by atoms with E-state index in [1.165, 1.54) is 6.07 Å². The third-order valence-corrected chi connectivity index (χ3v) is 7.18. The summed E-state index contributed by atoms with van der Waals surface area (Å²) in [7, 11) is -3.78. The Balaban J connectivity index is 1.50. The Hall–Kier alpha value is -3.49. The van der Waals surface area contributed by atoms with Gasteiger partial charge in [-0.2, -0.15) is 0 Å². The standard InChI is InChI=1S/C24H21N3O3S2/c1-16-6-7-17(2)22(14-16)32(29,30)27-21-5-3-4-19(15-21)23(28)26-20-10-8-18(9-11-20)24-25-12-13-31-24/h3-15,27H,1-2H3,(H,26,28). The lowest BCUT2D eigenvalue weighted by Gasteiger charge is -2.12. The van der Waals surface area contributed by atoms with E-state index < -0.39 is 10.0 Å². The quantitative estimate of drug-likeness (QED) is 0.396. The first-order valence-electron chi connectivity index (χ1n) is 9.83. The third kappa shape index (κ3) is 4.87. The molecule has 32 heavy (non-hydrogen) atoms. The van der Waals surface area contributed by atoms with Crippen LogP contribution in [0.15, 0.2) is 83.2 Å². The summed E-state index contributed by atoms with van der Waals surface area (Å²) < 4.78 is 28.3. The molecule has 0 bridgehead atoms. The summed E-state index contributed by atoms with van der Waals surface area (Å²) in [6.07, 6.45) is 1.75. The van der Waals surface area contributed by atoms with Crippen LogP contribution in [-0.4, -0.2) is 19.3 Å². The average molecular weight is 464 g/mol. The predicted molar refractivity (Wildman–Crippen MR) is 129 cm³/mol. The molecule has 4 aromatic rings. The Kier molecular flexibility index (Phi) is 6.07. The van der Waals surface area contributed by atoms with E-state index in [9.17, 15) is 13.2 Å². The van der Waals surface area contributed by atoms with Crippen molar-refractivity contribution < 1.29 is 13.2 Å². The normalized spacial score (nSPS) is 11.2. The number of thiazole rings is 1. The lowest BCUT2D eigenvalue weighted by atomic mass is 10.1. The summed E-state index contributed by atoms with van der Waals surface area (Å²) in [5.41, 5.74) is 3.77. The van der Waals surface area contributed by atoms with E-state index in [1.807, 2.05) is 42.6 Å². The van der Waals surface area contributed by atoms with Gasteiger partial charge in [0, 0.05) is 34.1 Å². The molecular formula is C24H21N3O3S2. The first-order valence-corrected chi connectivity index (χ1v) is 12.2. The zero-order valence-corrected chi connectivity index (χ0v) is 19.1. The molecule has 1 heterocycles. The number of aromatic nitrogens is 1. The van der Waals surface area contributed by atoms with Gasteiger partial charge in [-0.15, -0.1) is 11.3 Å². The van der Waals surface area contributed by atoms with Gasteiger partial charge >= 0.3 is 0 Å². The highest BCUT2D eigenvalue weighted by Crippen LogP contribution is 2.24. The maximum absolute atomic E-state index is 12.9. The maximum Gasteiger partial charge on any atom is 0.262 e. The van der Waals surface area contributed by atoms with Gasteiger partial charge in [0.15, 0.2) is 0 Å². The van der Waals surface area contributed by atoms with E-state index in [0.717, 1.165) is 16.1 Å². The van der Waals surface area contributed by atoms with E-state index in [4.69, 9.17) is 0 Å². The number of anilines is 2. The molecule has 3 aromatic carbocycles. The van der Waals surface area contributed by atoms with Gasteiger partial charge in [-0.3, -0.25) is 9.52 Å². The zero-order valence-electron chi connectivity index (χ0n) is 17.5. The van der Waals surface area contributed by atoms with E-state index in [1.54, 1.807) is 54.8 Å². The van der Waals surface area contributed by atoms with Crippen LogP contribution in [-0.2, 0) is 10.0 Å². The molecule has 0 radical (unpaired) electrons. The van der Waals surface area contributed by atoms with Crippen molar-refractivity contribution in [2.75, 3.05) is 10.0 Å². The molecule has 6 nitrogen and oxygen atoms in total. The summed E-state index contributed by atoms with van der Waals surface area (Å²) in [6, 6.07) is 19.1. The average Bonchev–Trinajstić information content (AvgIpc) is 3.31. The van der Waals surface area contributed by atoms with Crippen LogP contribution in [0.2, 0.25) is 0 Å². The second kappa shape index (κ2) is 8.94. The van der Waals surface area contributed by atoms with Crippen LogP contribution in [0.1, 0.15) is 21.5 Å². The Bertz CT molecular complexity index is 1360. The monoisotopic (exact) mass is 463 g/mol. The van der Waals surface area contributed by atoms with Gasteiger partial charge in [-0.1, -0.05) is 18.2 Å². The van der Waals surface area contributed by atoms with Crippen molar-refractivity contribution in [1.29, 1.82) is 0 Å². The number of sulfonamides is 1. The molecule has 0 aliphatic carbocycles. The van der Waals surface area contributed by atoms with Crippen molar-refractivity contribution in [3.05, 3.63) is 95.0 Å². The molecule has 8 heteroatoms. The number of nitrogens with zero attached hydrogens (tertiary/aromatic N) is 1. The Morgan fingerprint density at radius 3 is 2.44 bits per heavy atom. The van der Waals surface area contributed by atoms with Crippen molar-refractivity contribution >= 4 is 38.6 Å². The number of hydrogen-bond acceptors (Lipinski definition) is 5. The van der Waals surface area contributed by atoms with Gasteiger partial charge in [0.05, 0.1) is 4.90 Å². The fourth-order valence-electron chi connectivity index (χ4n) is 3.20. The van der Waals surface area contributed by atoms with Gasteiger partial charge in [0.1, 0.15) is 5.01 Å². The number of nitrogens with one attached hydrogen (secondary N) is 2. The van der Waals surface area contributed by atoms with Gasteiger partial charge in [-0.05, 0) is 73.5 Å². The van der Waals surface area contributed by atoms with Crippen LogP contribution in [0, 0.1) is 13.8 Å². The molecule has 0 spiro atoms. The van der Waals surface area contributed by atoms with E-state index in [-0.39, 0.29) is 10.8 Å². The fraction of sp³-hybridized carbons (Fsp3) is 0.0833. The third-order valence-electron chi connectivity index (χ3n) is 4.83. The molecular weight excluding hydrogens is 442 g/mol. The molecule has 0 saturated carbocycles. The van der Waals surface area contributed by atoms with Crippen LogP contribution < -0.4 is 10.0 Å². The summed E-state index contributed by atoms with van der Waals surface area (Å²) >= 11 is 1.54. The summed E-state index contributed by atoms with van der Waals surface area (Å²) in [5, 5.41) is 5.65. The smallest absolute Gasteiger partial charge is 0.262 e. The van der Waals surface area contributed by atoms with Crippen LogP contribution in [0.4, 0.5) is 11.4 Å². The second-order valence-electron chi connectivity index (χ2n) is 7.32. The SMILES string of the molecule is Cc1ccc(C)c(S(=O)(=O)Nc2cccc(C(=O)Nc3ccc(-c4nccs4)cc3)c2)c1. The number of aryl methyl sites for hydroxylation is 2. The van der Waals surface area contributed by atoms with Crippen molar-refractivity contribution in [2.45, 2.75) is 18.7 Å². The lowest BCUT2D eigenvalue weighted by Crippen LogP contribution is -2.16. The first-order chi connectivity index (χ1) is 15.3. The van der Waals surface area contributed by atoms with E-state index in [0.29, 0.717) is 22.5 Å². The fourth-order valence-corrected chi connectivity index (χ4v) is 5.22. The summed E-state index contributed by atoms with van der Waals surface area (Å²) in [4.78, 5) is 17.2. The molecule has 0 atom stereocenters. The highest BCUT2D eigenvalue weighted by molar-refractivity contribution is 7.92. The van der Waals surface area contributed by atoms with Crippen molar-refractivity contribution in [2.24, 2.45) is 0 Å². The topological polar surface area (TPSA) is 88.2 Å². The second-order valence-corrected chi connectivity index (χ2v) is 9.87. The van der Waals surface area contributed by atoms with Gasteiger partial charge in [-0.25, -0.2) is 13.4 Å². The highest BCUT2D eigenvalue weighted by atomic mass is 32.2. The number of carbonyl (C=O) groups is 1. The molecule has 0 aliphatic rings. The largest absolute Gasteiger partial charge is 0.322 e. The van der Waals surface area contributed by atoms with E-state index in [2.05, 4.69) is 15.0 Å². The molecule has 4 rings (SSSR count). The number of amides is 1. The molecule has 0 aliphatic heterocycles. The van der Waals surface area contributed by atoms with Gasteiger partial charge < -0.3 is 5.32 Å². The molecule has 0 saturated heterocycles. The molecule has 1 aromatic heterocycles. The molecule has 0 fully saturated rings. The predicted octanol–water partition coefficient (Wildman–Crippen LogP) is 5.48. The van der Waals surface area contributed by atoms with Gasteiger partial charge in [0.25, 0.3) is 15.9 Å². The summed E-state index contributed by atoms with van der Waals surface area (Å²) in [5.74, 6) is -0.334. The minimum Gasteiger partial charge on any atom is -0.322 e. The van der Waals surface area contributed by atoms with Crippen molar-refractivity contribution in [3.63, 3.8) is 0 Å². The molecule has 1 amide bonds. The van der Waals surface area contributed by atoms with Crippen molar-refractivity contribution in [3.8, 4) is 10.6 Å². The Morgan fingerprint density at radius 1 is 0.938 bits per heavy atom. The molecule has 0 unspecified atom stereocenters. The minimum absolute atomic E-state index is 0.215. The summed E-state index contributed by atoms with van der Waals surface area (Å²) in [6.45, 7) is 3.59. The maximum atomic E-state index is 12.9. The lowest BCUT2D eigenvalue weighted by molar-refractivity contribution is 0.102. The molecule has 162 valence electrons. The Morgan fingerprint density at radius 2 is 1.72 bits per heavy atom. The van der Waals surface area contributed by atoms with Crippen LogP contribution >= 0.6 is 11.3 Å². The van der Waals surface area contributed by atoms with Crippen LogP contribution in [0.25, 0.3) is 10.6 Å². The number of carbonyl (C=O) groups excluding carboxylic acids is 1. The highest BCUT2D eigenvalue weighted by Gasteiger charge is 2.18. The number of rotatable bonds is 6. The minimum atomic E-state index is -3.78.